The zero-order valence-corrected chi connectivity index (χ0v) is 13.1. The van der Waals surface area contributed by atoms with Gasteiger partial charge in [0.15, 0.2) is 5.16 Å². The molecule has 1 rings (SSSR count). The molecule has 0 radical (unpaired) electrons. The summed E-state index contributed by atoms with van der Waals surface area (Å²) in [6.07, 6.45) is 1.99. The van der Waals surface area contributed by atoms with Crippen LogP contribution in [-0.2, 0) is 11.3 Å². The van der Waals surface area contributed by atoms with E-state index < -0.39 is 5.97 Å². The van der Waals surface area contributed by atoms with E-state index >= 15 is 0 Å². The van der Waals surface area contributed by atoms with Gasteiger partial charge in [0.1, 0.15) is 0 Å². The molecule has 19 heavy (non-hydrogen) atoms. The normalized spacial score (nSPS) is 12.1. The van der Waals surface area contributed by atoms with Crippen LogP contribution in [0.25, 0.3) is 0 Å². The van der Waals surface area contributed by atoms with Crippen LogP contribution in [0.1, 0.15) is 19.5 Å². The minimum absolute atomic E-state index is 0.0462. The number of carboxylic acid groups (broad SMARTS) is 1. The number of nitrogens with zero attached hydrogens (tertiary/aromatic N) is 3. The SMILES string of the molecule is Cc1cn(CC(C)(C)CN(C)C)c(SCC(=O)O)n1. The maximum absolute atomic E-state index is 10.7. The van der Waals surface area contributed by atoms with Gasteiger partial charge < -0.3 is 14.6 Å². The number of aromatic nitrogens is 2. The van der Waals surface area contributed by atoms with Crippen molar-refractivity contribution in [3.8, 4) is 0 Å². The van der Waals surface area contributed by atoms with E-state index in [9.17, 15) is 4.79 Å². The van der Waals surface area contributed by atoms with Crippen LogP contribution < -0.4 is 0 Å². The van der Waals surface area contributed by atoms with E-state index in [1.165, 1.54) is 11.8 Å². The number of thioether (sulfide) groups is 1. The molecule has 1 aromatic rings. The predicted molar refractivity (Wildman–Crippen MR) is 77.7 cm³/mol. The van der Waals surface area contributed by atoms with Gasteiger partial charge in [-0.1, -0.05) is 25.6 Å². The Hall–Kier alpha value is -1.01. The van der Waals surface area contributed by atoms with Crippen LogP contribution in [0.15, 0.2) is 11.4 Å². The van der Waals surface area contributed by atoms with Gasteiger partial charge in [-0.3, -0.25) is 4.79 Å². The summed E-state index contributed by atoms with van der Waals surface area (Å²) in [4.78, 5) is 17.2. The second kappa shape index (κ2) is 6.43. The third kappa shape index (κ3) is 5.65. The molecule has 1 N–H and O–H groups in total. The molecule has 108 valence electrons. The number of hydrogen-bond donors (Lipinski definition) is 1. The van der Waals surface area contributed by atoms with Crippen molar-refractivity contribution in [2.75, 3.05) is 26.4 Å². The van der Waals surface area contributed by atoms with Crippen LogP contribution >= 0.6 is 11.8 Å². The van der Waals surface area contributed by atoms with Crippen LogP contribution in [-0.4, -0.2) is 51.9 Å². The maximum Gasteiger partial charge on any atom is 0.313 e. The summed E-state index contributed by atoms with van der Waals surface area (Å²) < 4.78 is 2.06. The summed E-state index contributed by atoms with van der Waals surface area (Å²) in [6, 6.07) is 0. The lowest BCUT2D eigenvalue weighted by molar-refractivity contribution is -0.133. The molecule has 1 heterocycles. The molecule has 0 amide bonds. The zero-order chi connectivity index (χ0) is 14.6. The molecule has 1 aromatic heterocycles. The highest BCUT2D eigenvalue weighted by molar-refractivity contribution is 7.99. The van der Waals surface area contributed by atoms with E-state index in [-0.39, 0.29) is 11.2 Å². The predicted octanol–water partition coefficient (Wildman–Crippen LogP) is 1.96. The molecule has 6 heteroatoms. The first-order valence-electron chi connectivity index (χ1n) is 6.23. The van der Waals surface area contributed by atoms with Crippen molar-refractivity contribution in [3.63, 3.8) is 0 Å². The van der Waals surface area contributed by atoms with Gasteiger partial charge in [0.05, 0.1) is 11.4 Å². The standard InChI is InChI=1S/C13H23N3O2S/c1-10-6-16(9-13(2,3)8-15(4)5)12(14-10)19-7-11(17)18/h6H,7-9H2,1-5H3,(H,17,18). The van der Waals surface area contributed by atoms with Gasteiger partial charge in [0, 0.05) is 19.3 Å². The van der Waals surface area contributed by atoms with Crippen molar-refractivity contribution in [2.45, 2.75) is 32.5 Å². The van der Waals surface area contributed by atoms with E-state index in [1.54, 1.807) is 0 Å². The molecule has 0 aromatic carbocycles. The van der Waals surface area contributed by atoms with Crippen LogP contribution in [0.4, 0.5) is 0 Å². The van der Waals surface area contributed by atoms with E-state index in [0.717, 1.165) is 23.9 Å². The Labute approximate surface area is 119 Å². The molecule has 0 saturated carbocycles. The molecule has 0 unspecified atom stereocenters. The summed E-state index contributed by atoms with van der Waals surface area (Å²) in [5, 5.41) is 9.54. The summed E-state index contributed by atoms with van der Waals surface area (Å²) in [6.45, 7) is 8.13. The summed E-state index contributed by atoms with van der Waals surface area (Å²) in [5.74, 6) is -0.769. The van der Waals surface area contributed by atoms with E-state index in [0.29, 0.717) is 0 Å². The van der Waals surface area contributed by atoms with Crippen LogP contribution in [0.3, 0.4) is 0 Å². The lowest BCUT2D eigenvalue weighted by atomic mass is 9.93. The van der Waals surface area contributed by atoms with Crippen LogP contribution in [0, 0.1) is 12.3 Å². The highest BCUT2D eigenvalue weighted by Crippen LogP contribution is 2.24. The van der Waals surface area contributed by atoms with Gasteiger partial charge in [0.25, 0.3) is 0 Å². The smallest absolute Gasteiger partial charge is 0.313 e. The Balaban J connectivity index is 2.79. The number of carbonyl (C=O) groups is 1. The molecule has 0 aliphatic carbocycles. The maximum atomic E-state index is 10.7. The Morgan fingerprint density at radius 2 is 2.16 bits per heavy atom. The quantitative estimate of drug-likeness (QED) is 0.776. The second-order valence-electron chi connectivity index (χ2n) is 5.88. The van der Waals surface area contributed by atoms with Crippen molar-refractivity contribution >= 4 is 17.7 Å². The van der Waals surface area contributed by atoms with Crippen molar-refractivity contribution in [1.82, 2.24) is 14.5 Å². The molecular formula is C13H23N3O2S. The molecule has 0 saturated heterocycles. The number of rotatable bonds is 7. The first-order valence-corrected chi connectivity index (χ1v) is 7.21. The third-order valence-electron chi connectivity index (χ3n) is 2.53. The van der Waals surface area contributed by atoms with Crippen LogP contribution in [0.2, 0.25) is 0 Å². The van der Waals surface area contributed by atoms with Crippen LogP contribution in [0.5, 0.6) is 0 Å². The Bertz CT molecular complexity index is 441. The fourth-order valence-electron chi connectivity index (χ4n) is 2.25. The number of aliphatic carboxylic acids is 1. The number of aryl methyl sites for hydroxylation is 1. The first kappa shape index (κ1) is 16.0. The fourth-order valence-corrected chi connectivity index (χ4v) is 2.99. The molecule has 0 atom stereocenters. The molecule has 0 aliphatic rings. The van der Waals surface area contributed by atoms with Crippen molar-refractivity contribution in [1.29, 1.82) is 0 Å². The summed E-state index contributed by atoms with van der Waals surface area (Å²) in [5.41, 5.74) is 1.03. The Morgan fingerprint density at radius 1 is 1.53 bits per heavy atom. The lowest BCUT2D eigenvalue weighted by Gasteiger charge is -2.29. The first-order chi connectivity index (χ1) is 8.69. The topological polar surface area (TPSA) is 58.4 Å². The molecular weight excluding hydrogens is 262 g/mol. The highest BCUT2D eigenvalue weighted by Gasteiger charge is 2.21. The van der Waals surface area contributed by atoms with Gasteiger partial charge in [-0.05, 0) is 26.4 Å². The van der Waals surface area contributed by atoms with Crippen molar-refractivity contribution in [3.05, 3.63) is 11.9 Å². The monoisotopic (exact) mass is 285 g/mol. The van der Waals surface area contributed by atoms with E-state index in [2.05, 4.69) is 42.4 Å². The minimum Gasteiger partial charge on any atom is -0.481 e. The molecule has 0 bridgehead atoms. The van der Waals surface area contributed by atoms with Gasteiger partial charge in [0.2, 0.25) is 0 Å². The van der Waals surface area contributed by atoms with Crippen molar-refractivity contribution < 1.29 is 9.90 Å². The third-order valence-corrected chi connectivity index (χ3v) is 3.50. The number of hydrogen-bond acceptors (Lipinski definition) is 4. The lowest BCUT2D eigenvalue weighted by Crippen LogP contribution is -2.32. The van der Waals surface area contributed by atoms with Crippen molar-refractivity contribution in [2.24, 2.45) is 5.41 Å². The summed E-state index contributed by atoms with van der Waals surface area (Å²) in [7, 11) is 4.11. The minimum atomic E-state index is -0.815. The van der Waals surface area contributed by atoms with E-state index in [4.69, 9.17) is 5.11 Å². The number of imidazole rings is 1. The van der Waals surface area contributed by atoms with E-state index in [1.807, 2.05) is 13.1 Å². The summed E-state index contributed by atoms with van der Waals surface area (Å²) >= 11 is 1.27. The average Bonchev–Trinajstić information content (AvgIpc) is 2.52. The van der Waals surface area contributed by atoms with Gasteiger partial charge >= 0.3 is 5.97 Å². The van der Waals surface area contributed by atoms with Gasteiger partial charge in [-0.15, -0.1) is 0 Å². The Morgan fingerprint density at radius 3 is 2.68 bits per heavy atom. The molecule has 0 fully saturated rings. The number of carboxylic acids is 1. The highest BCUT2D eigenvalue weighted by atomic mass is 32.2. The second-order valence-corrected chi connectivity index (χ2v) is 6.82. The molecule has 5 nitrogen and oxygen atoms in total. The fraction of sp³-hybridized carbons (Fsp3) is 0.692. The average molecular weight is 285 g/mol. The zero-order valence-electron chi connectivity index (χ0n) is 12.3. The van der Waals surface area contributed by atoms with Gasteiger partial charge in [-0.25, -0.2) is 4.98 Å². The van der Waals surface area contributed by atoms with Gasteiger partial charge in [-0.2, -0.15) is 0 Å². The largest absolute Gasteiger partial charge is 0.481 e. The molecule has 0 aliphatic heterocycles. The molecule has 0 spiro atoms. The Kier molecular flexibility index (Phi) is 5.43.